The molecule has 3 unspecified atom stereocenters. The maximum absolute atomic E-state index is 5.98. The predicted octanol–water partition coefficient (Wildman–Crippen LogP) is 2.21. The maximum Gasteiger partial charge on any atom is 0.312 e. The van der Waals surface area contributed by atoms with E-state index < -0.39 is 5.97 Å². The maximum atomic E-state index is 5.98. The summed E-state index contributed by atoms with van der Waals surface area (Å²) < 4.78 is 28.8. The zero-order valence-electron chi connectivity index (χ0n) is 12.7. The monoisotopic (exact) mass is 294 g/mol. The topological polar surface area (TPSA) is 46.2 Å². The molecular weight excluding hydrogens is 272 g/mol. The molecule has 2 heterocycles. The Morgan fingerprint density at radius 2 is 1.95 bits per heavy atom. The van der Waals surface area contributed by atoms with Crippen LogP contribution in [0.2, 0.25) is 0 Å². The normalized spacial score (nSPS) is 34.4. The lowest BCUT2D eigenvalue weighted by Crippen LogP contribution is -2.47. The van der Waals surface area contributed by atoms with Crippen molar-refractivity contribution in [1.82, 2.24) is 0 Å². The van der Waals surface area contributed by atoms with Gasteiger partial charge in [0.25, 0.3) is 0 Å². The van der Waals surface area contributed by atoms with Crippen molar-refractivity contribution in [3.05, 3.63) is 30.3 Å². The van der Waals surface area contributed by atoms with Gasteiger partial charge in [0.05, 0.1) is 13.2 Å². The Balaban J connectivity index is 1.60. The molecule has 21 heavy (non-hydrogen) atoms. The summed E-state index contributed by atoms with van der Waals surface area (Å²) in [4.78, 5) is 0. The van der Waals surface area contributed by atoms with Gasteiger partial charge in [0, 0.05) is 12.5 Å². The Morgan fingerprint density at radius 1 is 1.19 bits per heavy atom. The molecule has 1 spiro atoms. The number of hydrogen-bond donors (Lipinski definition) is 0. The molecule has 2 aliphatic heterocycles. The van der Waals surface area contributed by atoms with Gasteiger partial charge in [0.1, 0.15) is 24.6 Å². The Morgan fingerprint density at radius 3 is 2.67 bits per heavy atom. The van der Waals surface area contributed by atoms with E-state index in [1.165, 1.54) is 0 Å². The molecule has 5 nitrogen and oxygen atoms in total. The smallest absolute Gasteiger partial charge is 0.312 e. The van der Waals surface area contributed by atoms with Crippen LogP contribution in [-0.2, 0) is 18.9 Å². The fourth-order valence-corrected chi connectivity index (χ4v) is 2.89. The minimum atomic E-state index is -1.09. The minimum absolute atomic E-state index is 0.149. The number of benzene rings is 1. The number of ether oxygens (including phenoxy) is 5. The van der Waals surface area contributed by atoms with Crippen molar-refractivity contribution < 1.29 is 23.7 Å². The molecule has 0 amide bonds. The quantitative estimate of drug-likeness (QED) is 0.852. The van der Waals surface area contributed by atoms with Crippen LogP contribution in [0.15, 0.2) is 30.3 Å². The lowest BCUT2D eigenvalue weighted by atomic mass is 9.88. The summed E-state index contributed by atoms with van der Waals surface area (Å²) in [6.45, 7) is 5.55. The highest BCUT2D eigenvalue weighted by atomic mass is 16.9. The van der Waals surface area contributed by atoms with Gasteiger partial charge in [0.2, 0.25) is 0 Å². The first-order chi connectivity index (χ1) is 10.1. The van der Waals surface area contributed by atoms with Crippen molar-refractivity contribution in [3.8, 4) is 5.75 Å². The average Bonchev–Trinajstić information content (AvgIpc) is 3.00. The largest absolute Gasteiger partial charge is 0.491 e. The lowest BCUT2D eigenvalue weighted by molar-refractivity contribution is -0.349. The molecule has 0 aromatic heterocycles. The van der Waals surface area contributed by atoms with E-state index in [-0.39, 0.29) is 17.6 Å². The highest BCUT2D eigenvalue weighted by Gasteiger charge is 2.61. The summed E-state index contributed by atoms with van der Waals surface area (Å²) in [5.74, 6) is -0.277. The van der Waals surface area contributed by atoms with Crippen molar-refractivity contribution >= 4 is 0 Å². The van der Waals surface area contributed by atoms with Crippen LogP contribution in [0, 0.1) is 5.41 Å². The number of para-hydroxylation sites is 1. The molecule has 2 fully saturated rings. The molecular formula is C16H22O5. The van der Waals surface area contributed by atoms with Crippen LogP contribution >= 0.6 is 0 Å². The van der Waals surface area contributed by atoms with E-state index >= 15 is 0 Å². The van der Waals surface area contributed by atoms with Crippen LogP contribution < -0.4 is 4.74 Å². The SMILES string of the molecule is COC1C(C)(C)COC12OCC(COc1ccccc1)O2. The summed E-state index contributed by atoms with van der Waals surface area (Å²) in [6.07, 6.45) is -0.427. The molecule has 116 valence electrons. The van der Waals surface area contributed by atoms with Crippen molar-refractivity contribution in [2.45, 2.75) is 32.0 Å². The highest BCUT2D eigenvalue weighted by Crippen LogP contribution is 2.45. The molecule has 0 bridgehead atoms. The van der Waals surface area contributed by atoms with Gasteiger partial charge in [-0.15, -0.1) is 0 Å². The van der Waals surface area contributed by atoms with Crippen LogP contribution in [-0.4, -0.2) is 45.1 Å². The fraction of sp³-hybridized carbons (Fsp3) is 0.625. The molecule has 1 aromatic carbocycles. The van der Waals surface area contributed by atoms with Gasteiger partial charge >= 0.3 is 5.97 Å². The lowest BCUT2D eigenvalue weighted by Gasteiger charge is -2.31. The minimum Gasteiger partial charge on any atom is -0.491 e. The van der Waals surface area contributed by atoms with E-state index in [9.17, 15) is 0 Å². The molecule has 0 saturated carbocycles. The molecule has 3 rings (SSSR count). The molecule has 2 aliphatic rings. The third kappa shape index (κ3) is 2.79. The van der Waals surface area contributed by atoms with Crippen molar-refractivity contribution in [2.24, 2.45) is 5.41 Å². The molecule has 3 atom stereocenters. The van der Waals surface area contributed by atoms with Gasteiger partial charge in [-0.1, -0.05) is 32.0 Å². The number of methoxy groups -OCH3 is 1. The van der Waals surface area contributed by atoms with E-state index in [0.29, 0.717) is 19.8 Å². The summed E-state index contributed by atoms with van der Waals surface area (Å²) in [5, 5.41) is 0. The standard InChI is InChI=1S/C16H22O5/c1-15(2)11-20-16(14(15)17-3)19-10-13(21-16)9-18-12-7-5-4-6-8-12/h4-8,13-14H,9-11H2,1-3H3. The fourth-order valence-electron chi connectivity index (χ4n) is 2.89. The second kappa shape index (κ2) is 5.57. The van der Waals surface area contributed by atoms with E-state index in [0.717, 1.165) is 5.75 Å². The van der Waals surface area contributed by atoms with Crippen molar-refractivity contribution in [2.75, 3.05) is 26.9 Å². The Bertz CT molecular complexity index is 475. The first-order valence-electron chi connectivity index (χ1n) is 7.22. The number of hydrogen-bond acceptors (Lipinski definition) is 5. The molecule has 1 aromatic rings. The highest BCUT2D eigenvalue weighted by molar-refractivity contribution is 5.20. The predicted molar refractivity (Wildman–Crippen MR) is 76.0 cm³/mol. The summed E-state index contributed by atoms with van der Waals surface area (Å²) in [5.41, 5.74) is -0.149. The summed E-state index contributed by atoms with van der Waals surface area (Å²) in [7, 11) is 1.66. The number of rotatable bonds is 4. The van der Waals surface area contributed by atoms with Gasteiger partial charge in [-0.2, -0.15) is 0 Å². The van der Waals surface area contributed by atoms with Crippen LogP contribution in [0.5, 0.6) is 5.75 Å². The van der Waals surface area contributed by atoms with Gasteiger partial charge in [-0.3, -0.25) is 0 Å². The van der Waals surface area contributed by atoms with Gasteiger partial charge in [0.15, 0.2) is 0 Å². The third-order valence-electron chi connectivity index (χ3n) is 3.89. The molecule has 0 aliphatic carbocycles. The summed E-state index contributed by atoms with van der Waals surface area (Å²) in [6, 6.07) is 9.66. The Hall–Kier alpha value is -1.14. The zero-order valence-corrected chi connectivity index (χ0v) is 12.7. The van der Waals surface area contributed by atoms with Crippen molar-refractivity contribution in [1.29, 1.82) is 0 Å². The first kappa shape index (κ1) is 14.8. The van der Waals surface area contributed by atoms with E-state index in [1.54, 1.807) is 7.11 Å². The van der Waals surface area contributed by atoms with E-state index in [4.69, 9.17) is 23.7 Å². The molecule has 0 N–H and O–H groups in total. The average molecular weight is 294 g/mol. The van der Waals surface area contributed by atoms with Gasteiger partial charge < -0.3 is 23.7 Å². The second-order valence-corrected chi connectivity index (χ2v) is 6.17. The van der Waals surface area contributed by atoms with Crippen molar-refractivity contribution in [3.63, 3.8) is 0 Å². The van der Waals surface area contributed by atoms with E-state index in [1.807, 2.05) is 30.3 Å². The third-order valence-corrected chi connectivity index (χ3v) is 3.89. The van der Waals surface area contributed by atoms with Crippen LogP contribution in [0.4, 0.5) is 0 Å². The van der Waals surface area contributed by atoms with E-state index in [2.05, 4.69) is 13.8 Å². The molecule has 2 saturated heterocycles. The van der Waals surface area contributed by atoms with Crippen LogP contribution in [0.3, 0.4) is 0 Å². The van der Waals surface area contributed by atoms with Gasteiger partial charge in [-0.25, -0.2) is 0 Å². The molecule has 0 radical (unpaired) electrons. The molecule has 5 heteroatoms. The zero-order chi connectivity index (χ0) is 14.9. The Kier molecular flexibility index (Phi) is 3.92. The van der Waals surface area contributed by atoms with Gasteiger partial charge in [-0.05, 0) is 12.1 Å². The van der Waals surface area contributed by atoms with Crippen LogP contribution in [0.25, 0.3) is 0 Å². The second-order valence-electron chi connectivity index (χ2n) is 6.17. The Labute approximate surface area is 125 Å². The summed E-state index contributed by atoms with van der Waals surface area (Å²) >= 11 is 0. The first-order valence-corrected chi connectivity index (χ1v) is 7.22. The van der Waals surface area contributed by atoms with Crippen LogP contribution in [0.1, 0.15) is 13.8 Å².